The Morgan fingerprint density at radius 3 is 2.34 bits per heavy atom. The van der Waals surface area contributed by atoms with Gasteiger partial charge >= 0.3 is 5.97 Å². The van der Waals surface area contributed by atoms with Crippen LogP contribution in [0.3, 0.4) is 0 Å². The Morgan fingerprint density at radius 2 is 1.75 bits per heavy atom. The van der Waals surface area contributed by atoms with Crippen LogP contribution in [-0.2, 0) is 19.6 Å². The fourth-order valence-corrected chi connectivity index (χ4v) is 6.07. The molecule has 10 heteroatoms. The molecule has 1 fully saturated rings. The highest BCUT2D eigenvalue weighted by Gasteiger charge is 2.31. The smallest absolute Gasteiger partial charge is 0.338 e. The summed E-state index contributed by atoms with van der Waals surface area (Å²) in [6, 6.07) is 9.17. The van der Waals surface area contributed by atoms with Crippen LogP contribution in [0.5, 0.6) is 5.75 Å². The van der Waals surface area contributed by atoms with Gasteiger partial charge in [-0.05, 0) is 29.7 Å². The lowest BCUT2D eigenvalue weighted by molar-refractivity contribution is -0.132. The molecule has 2 heterocycles. The van der Waals surface area contributed by atoms with E-state index in [1.807, 2.05) is 24.3 Å². The molecule has 0 unspecified atom stereocenters. The molecule has 0 spiro atoms. The van der Waals surface area contributed by atoms with Gasteiger partial charge in [-0.2, -0.15) is 4.31 Å². The van der Waals surface area contributed by atoms with E-state index in [-0.39, 0.29) is 41.8 Å². The zero-order valence-corrected chi connectivity index (χ0v) is 20.1. The van der Waals surface area contributed by atoms with E-state index < -0.39 is 16.0 Å². The summed E-state index contributed by atoms with van der Waals surface area (Å²) in [5, 5.41) is 1.47. The van der Waals surface area contributed by atoms with Crippen molar-refractivity contribution < 1.29 is 27.5 Å². The number of hydrogen-bond donors (Lipinski definition) is 0. The Hall–Kier alpha value is -2.43. The van der Waals surface area contributed by atoms with Crippen molar-refractivity contribution >= 4 is 33.2 Å². The summed E-state index contributed by atoms with van der Waals surface area (Å²) in [6.45, 7) is 5.56. The minimum Gasteiger partial charge on any atom is -0.493 e. The van der Waals surface area contributed by atoms with Gasteiger partial charge in [-0.3, -0.25) is 4.79 Å². The van der Waals surface area contributed by atoms with Crippen LogP contribution in [0.4, 0.5) is 0 Å². The molecule has 1 saturated heterocycles. The van der Waals surface area contributed by atoms with Crippen molar-refractivity contribution in [1.29, 1.82) is 0 Å². The predicted octanol–water partition coefficient (Wildman–Crippen LogP) is 2.96. The number of benzene rings is 1. The molecule has 32 heavy (non-hydrogen) atoms. The Bertz CT molecular complexity index is 1040. The van der Waals surface area contributed by atoms with Crippen LogP contribution in [0.2, 0.25) is 0 Å². The van der Waals surface area contributed by atoms with Gasteiger partial charge in [0.2, 0.25) is 5.91 Å². The number of sulfonamides is 1. The van der Waals surface area contributed by atoms with Crippen molar-refractivity contribution in [2.24, 2.45) is 0 Å². The molecule has 0 radical (unpaired) electrons. The van der Waals surface area contributed by atoms with E-state index in [9.17, 15) is 18.0 Å². The topological polar surface area (TPSA) is 93.2 Å². The number of thiophene rings is 1. The summed E-state index contributed by atoms with van der Waals surface area (Å²) in [4.78, 5) is 25.7. The minimum atomic E-state index is -3.71. The van der Waals surface area contributed by atoms with Crippen LogP contribution in [0.1, 0.15) is 42.1 Å². The molecular formula is C22H28N2O6S2. The highest BCUT2D eigenvalue weighted by Crippen LogP contribution is 2.25. The quantitative estimate of drug-likeness (QED) is 0.540. The third-order valence-corrected chi connectivity index (χ3v) is 8.63. The maximum Gasteiger partial charge on any atom is 0.338 e. The molecule has 1 aliphatic heterocycles. The van der Waals surface area contributed by atoms with Crippen molar-refractivity contribution in [3.8, 4) is 5.75 Å². The number of amides is 1. The molecule has 0 saturated carbocycles. The van der Waals surface area contributed by atoms with Crippen molar-refractivity contribution in [2.45, 2.75) is 30.4 Å². The van der Waals surface area contributed by atoms with Crippen LogP contribution in [0.15, 0.2) is 39.9 Å². The lowest BCUT2D eigenvalue weighted by atomic mass is 10.0. The summed E-state index contributed by atoms with van der Waals surface area (Å²) in [5.41, 5.74) is 1.44. The fourth-order valence-electron chi connectivity index (χ4n) is 3.35. The molecule has 8 nitrogen and oxygen atoms in total. The van der Waals surface area contributed by atoms with Gasteiger partial charge < -0.3 is 14.4 Å². The SMILES string of the molecule is COC(=O)c1csc(S(=O)(=O)N2CCN(C(=O)CCOc3ccc(C(C)C)cc3)CC2)c1. The van der Waals surface area contributed by atoms with Gasteiger partial charge in [0.25, 0.3) is 10.0 Å². The van der Waals surface area contributed by atoms with E-state index in [0.29, 0.717) is 19.0 Å². The van der Waals surface area contributed by atoms with E-state index >= 15 is 0 Å². The molecule has 174 valence electrons. The molecule has 0 aliphatic carbocycles. The zero-order valence-electron chi connectivity index (χ0n) is 18.4. The number of esters is 1. The summed E-state index contributed by atoms with van der Waals surface area (Å²) in [7, 11) is -2.47. The standard InChI is InChI=1S/C22H28N2O6S2/c1-16(2)17-4-6-19(7-5-17)30-13-8-20(25)23-9-11-24(12-10-23)32(27,28)21-14-18(15-31-21)22(26)29-3/h4-7,14-16H,8-13H2,1-3H3. The summed E-state index contributed by atoms with van der Waals surface area (Å²) in [6.07, 6.45) is 0.228. The average Bonchev–Trinajstić information content (AvgIpc) is 3.30. The minimum absolute atomic E-state index is 0.0649. The molecule has 1 aromatic heterocycles. The number of carbonyl (C=O) groups excluding carboxylic acids is 2. The first-order valence-electron chi connectivity index (χ1n) is 10.4. The first-order chi connectivity index (χ1) is 15.2. The number of hydrogen-bond acceptors (Lipinski definition) is 7. The maximum absolute atomic E-state index is 12.8. The molecule has 2 aromatic rings. The first kappa shape index (κ1) is 24.2. The largest absolute Gasteiger partial charge is 0.493 e. The highest BCUT2D eigenvalue weighted by atomic mass is 32.2. The van der Waals surface area contributed by atoms with E-state index in [4.69, 9.17) is 4.74 Å². The molecular weight excluding hydrogens is 452 g/mol. The number of carbonyl (C=O) groups is 2. The molecule has 0 N–H and O–H groups in total. The third kappa shape index (κ3) is 5.67. The Morgan fingerprint density at radius 1 is 1.09 bits per heavy atom. The second-order valence-corrected chi connectivity index (χ2v) is 10.8. The highest BCUT2D eigenvalue weighted by molar-refractivity contribution is 7.91. The van der Waals surface area contributed by atoms with Crippen LogP contribution < -0.4 is 4.74 Å². The molecule has 1 aromatic carbocycles. The number of piperazine rings is 1. The monoisotopic (exact) mass is 480 g/mol. The van der Waals surface area contributed by atoms with E-state index in [2.05, 4.69) is 18.6 Å². The van der Waals surface area contributed by atoms with Gasteiger partial charge in [-0.1, -0.05) is 26.0 Å². The summed E-state index contributed by atoms with van der Waals surface area (Å²) < 4.78 is 37.4. The van der Waals surface area contributed by atoms with E-state index in [0.717, 1.165) is 17.1 Å². The van der Waals surface area contributed by atoms with Crippen molar-refractivity contribution in [3.63, 3.8) is 0 Å². The van der Waals surface area contributed by atoms with Crippen LogP contribution in [0, 0.1) is 0 Å². The molecule has 1 amide bonds. The first-order valence-corrected chi connectivity index (χ1v) is 12.7. The summed E-state index contributed by atoms with van der Waals surface area (Å²) >= 11 is 0.985. The van der Waals surface area contributed by atoms with Gasteiger partial charge in [-0.15, -0.1) is 11.3 Å². The van der Waals surface area contributed by atoms with E-state index in [1.165, 1.54) is 28.4 Å². The fraction of sp³-hybridized carbons (Fsp3) is 0.455. The zero-order chi connectivity index (χ0) is 23.3. The molecule has 3 rings (SSSR count). The number of nitrogens with zero attached hydrogens (tertiary/aromatic N) is 2. The lowest BCUT2D eigenvalue weighted by Gasteiger charge is -2.33. The molecule has 1 aliphatic rings. The van der Waals surface area contributed by atoms with Crippen LogP contribution >= 0.6 is 11.3 Å². The van der Waals surface area contributed by atoms with Crippen LogP contribution in [-0.4, -0.2) is 69.4 Å². The van der Waals surface area contributed by atoms with Crippen molar-refractivity contribution in [3.05, 3.63) is 46.8 Å². The normalized spacial score (nSPS) is 15.1. The van der Waals surface area contributed by atoms with Gasteiger partial charge in [-0.25, -0.2) is 13.2 Å². The second-order valence-electron chi connectivity index (χ2n) is 7.75. The lowest BCUT2D eigenvalue weighted by Crippen LogP contribution is -2.50. The number of ether oxygens (including phenoxy) is 2. The average molecular weight is 481 g/mol. The second kappa shape index (κ2) is 10.5. The Labute approximate surface area is 192 Å². The van der Waals surface area contributed by atoms with Crippen molar-refractivity contribution in [2.75, 3.05) is 39.9 Å². The van der Waals surface area contributed by atoms with Gasteiger partial charge in [0.15, 0.2) is 0 Å². The Balaban J connectivity index is 1.47. The van der Waals surface area contributed by atoms with Crippen molar-refractivity contribution in [1.82, 2.24) is 9.21 Å². The third-order valence-electron chi connectivity index (χ3n) is 5.31. The maximum atomic E-state index is 12.8. The van der Waals surface area contributed by atoms with Gasteiger partial charge in [0.1, 0.15) is 9.96 Å². The van der Waals surface area contributed by atoms with E-state index in [1.54, 1.807) is 4.90 Å². The predicted molar refractivity (Wildman–Crippen MR) is 122 cm³/mol. The van der Waals surface area contributed by atoms with Crippen LogP contribution in [0.25, 0.3) is 0 Å². The van der Waals surface area contributed by atoms with Gasteiger partial charge in [0.05, 0.1) is 25.7 Å². The Kier molecular flexibility index (Phi) is 7.91. The summed E-state index contributed by atoms with van der Waals surface area (Å²) in [5.74, 6) is 0.532. The number of rotatable bonds is 8. The number of methoxy groups -OCH3 is 1. The molecule has 0 bridgehead atoms. The van der Waals surface area contributed by atoms with Gasteiger partial charge in [0, 0.05) is 31.6 Å². The molecule has 0 atom stereocenters.